The van der Waals surface area contributed by atoms with Crippen molar-refractivity contribution in [1.82, 2.24) is 0 Å². The average molecular weight is 256 g/mol. The number of carbonyl (C=O) groups is 1. The molecule has 1 aliphatic heterocycles. The van der Waals surface area contributed by atoms with E-state index in [1.54, 1.807) is 6.07 Å². The zero-order valence-corrected chi connectivity index (χ0v) is 11.7. The molecule has 0 radical (unpaired) electrons. The van der Waals surface area contributed by atoms with Gasteiger partial charge in [0.1, 0.15) is 0 Å². The summed E-state index contributed by atoms with van der Waals surface area (Å²) in [6.07, 6.45) is 0. The molecule has 3 rings (SSSR count). The Hall–Kier alpha value is -1.77. The summed E-state index contributed by atoms with van der Waals surface area (Å²) in [5.74, 6) is -0.570. The van der Waals surface area contributed by atoms with E-state index in [9.17, 15) is 4.79 Å². The second-order valence-electron chi connectivity index (χ2n) is 6.49. The van der Waals surface area contributed by atoms with Crippen molar-refractivity contribution >= 4 is 17.3 Å². The first-order valence-electron chi connectivity index (χ1n) is 6.56. The van der Waals surface area contributed by atoms with Gasteiger partial charge < -0.3 is 5.41 Å². The Labute approximate surface area is 112 Å². The fourth-order valence-corrected chi connectivity index (χ4v) is 3.17. The number of rotatable bonds is 0. The van der Waals surface area contributed by atoms with Crippen molar-refractivity contribution in [2.24, 2.45) is 16.7 Å². The van der Waals surface area contributed by atoms with E-state index in [1.807, 2.05) is 32.0 Å². The molecule has 19 heavy (non-hydrogen) atoms. The molecule has 98 valence electrons. The number of benzene rings is 1. The van der Waals surface area contributed by atoms with E-state index in [0.717, 1.165) is 10.8 Å². The van der Waals surface area contributed by atoms with Crippen LogP contribution in [-0.2, 0) is 4.79 Å². The van der Waals surface area contributed by atoms with E-state index in [1.165, 1.54) is 0 Å². The Balaban J connectivity index is 2.48. The molecule has 1 aromatic rings. The smallest absolute Gasteiger partial charge is 0.304 e. The summed E-state index contributed by atoms with van der Waals surface area (Å²) < 4.78 is 5.47. The van der Waals surface area contributed by atoms with Gasteiger partial charge in [-0.05, 0) is 11.5 Å². The van der Waals surface area contributed by atoms with Crippen molar-refractivity contribution in [3.63, 3.8) is 0 Å². The normalized spacial score (nSPS) is 26.7. The van der Waals surface area contributed by atoms with Crippen LogP contribution in [0.1, 0.15) is 27.7 Å². The van der Waals surface area contributed by atoms with Crippen molar-refractivity contribution in [3.05, 3.63) is 39.3 Å². The molecule has 0 spiro atoms. The predicted octanol–water partition coefficient (Wildman–Crippen LogP) is 1.69. The van der Waals surface area contributed by atoms with Gasteiger partial charge >= 0.3 is 5.97 Å². The number of carbonyl (C=O) groups excluding carboxylic acids is 1. The van der Waals surface area contributed by atoms with E-state index in [2.05, 4.69) is 13.8 Å². The summed E-state index contributed by atoms with van der Waals surface area (Å²) in [4.78, 5) is 12.3. The van der Waals surface area contributed by atoms with Crippen LogP contribution in [0.15, 0.2) is 28.7 Å². The molecule has 2 aliphatic rings. The summed E-state index contributed by atoms with van der Waals surface area (Å²) in [6, 6.07) is 7.51. The maximum atomic E-state index is 12.3. The first-order chi connectivity index (χ1) is 8.78. The highest BCUT2D eigenvalue weighted by Gasteiger charge is 2.63. The van der Waals surface area contributed by atoms with Crippen molar-refractivity contribution in [1.29, 1.82) is 5.41 Å². The molecule has 1 aromatic carbocycles. The number of nitrogens with one attached hydrogen (secondary N) is 1. The van der Waals surface area contributed by atoms with Crippen LogP contribution < -0.4 is 10.6 Å². The van der Waals surface area contributed by atoms with Gasteiger partial charge in [-0.3, -0.25) is 4.42 Å². The summed E-state index contributed by atoms with van der Waals surface area (Å²) in [7, 11) is 0. The van der Waals surface area contributed by atoms with Gasteiger partial charge in [-0.15, -0.1) is 0 Å². The highest BCUT2D eigenvalue weighted by atomic mass is 16.4. The predicted molar refractivity (Wildman–Crippen MR) is 75.1 cm³/mol. The molecular weight excluding hydrogens is 238 g/mol. The Morgan fingerprint density at radius 1 is 1.16 bits per heavy atom. The van der Waals surface area contributed by atoms with Crippen molar-refractivity contribution in [2.45, 2.75) is 27.7 Å². The van der Waals surface area contributed by atoms with E-state index in [-0.39, 0.29) is 22.7 Å². The molecule has 1 aliphatic carbocycles. The molecule has 0 aromatic heterocycles. The minimum atomic E-state index is -0.344. The Kier molecular flexibility index (Phi) is 2.20. The minimum Gasteiger partial charge on any atom is -0.304 e. The van der Waals surface area contributed by atoms with E-state index < -0.39 is 0 Å². The molecule has 1 saturated carbocycles. The van der Waals surface area contributed by atoms with Crippen LogP contribution in [0.3, 0.4) is 0 Å². The molecule has 0 amide bonds. The Bertz CT molecular complexity index is 725. The van der Waals surface area contributed by atoms with Crippen LogP contribution in [0.25, 0.3) is 5.57 Å². The van der Waals surface area contributed by atoms with Crippen molar-refractivity contribution in [3.8, 4) is 0 Å². The third kappa shape index (κ3) is 1.30. The third-order valence-electron chi connectivity index (χ3n) is 5.14. The molecule has 0 saturated heterocycles. The van der Waals surface area contributed by atoms with Crippen LogP contribution in [0.4, 0.5) is 0 Å². The van der Waals surface area contributed by atoms with Gasteiger partial charge in [0.15, 0.2) is 5.92 Å². The Morgan fingerprint density at radius 2 is 1.79 bits per heavy atom. The molecule has 3 nitrogen and oxygen atoms in total. The van der Waals surface area contributed by atoms with Gasteiger partial charge in [0.25, 0.3) is 5.43 Å². The van der Waals surface area contributed by atoms with E-state index in [0.29, 0.717) is 11.1 Å². The zero-order valence-electron chi connectivity index (χ0n) is 11.7. The fraction of sp³-hybridized carbons (Fsp3) is 0.438. The van der Waals surface area contributed by atoms with Crippen molar-refractivity contribution in [2.75, 3.05) is 0 Å². The molecule has 1 atom stereocenters. The highest BCUT2D eigenvalue weighted by molar-refractivity contribution is 6.28. The topological polar surface area (TPSA) is 52.2 Å². The lowest BCUT2D eigenvalue weighted by Crippen LogP contribution is -2.41. The SMILES string of the molecule is CC1(C)C(=N)C2=c3ccccc3=[O+]C(=O)C2C1(C)C. The van der Waals surface area contributed by atoms with Gasteiger partial charge in [-0.2, -0.15) is 0 Å². The quantitative estimate of drug-likeness (QED) is 0.706. The average Bonchev–Trinajstić information content (AvgIpc) is 2.48. The number of hydrogen-bond acceptors (Lipinski definition) is 2. The van der Waals surface area contributed by atoms with Crippen LogP contribution in [0.5, 0.6) is 0 Å². The summed E-state index contributed by atoms with van der Waals surface area (Å²) in [5.41, 5.74) is 1.33. The van der Waals surface area contributed by atoms with Gasteiger partial charge in [-0.1, -0.05) is 39.8 Å². The lowest BCUT2D eigenvalue weighted by Gasteiger charge is -2.35. The maximum Gasteiger partial charge on any atom is 0.588 e. The minimum absolute atomic E-state index is 0.228. The molecule has 1 fully saturated rings. The Morgan fingerprint density at radius 3 is 2.47 bits per heavy atom. The lowest BCUT2D eigenvalue weighted by molar-refractivity contribution is -0.121. The maximum absolute atomic E-state index is 12.3. The van der Waals surface area contributed by atoms with Gasteiger partial charge in [0, 0.05) is 27.6 Å². The first kappa shape index (κ1) is 12.3. The zero-order chi connectivity index (χ0) is 14.0. The van der Waals surface area contributed by atoms with Gasteiger partial charge in [-0.25, -0.2) is 0 Å². The van der Waals surface area contributed by atoms with Gasteiger partial charge in [0.05, 0.1) is 5.22 Å². The van der Waals surface area contributed by atoms with E-state index >= 15 is 0 Å². The highest BCUT2D eigenvalue weighted by Crippen LogP contribution is 2.56. The van der Waals surface area contributed by atoms with Gasteiger partial charge in [0.2, 0.25) is 0 Å². The number of fused-ring (bicyclic) bond motifs is 2. The summed E-state index contributed by atoms with van der Waals surface area (Å²) in [6.45, 7) is 8.18. The molecule has 0 bridgehead atoms. The summed E-state index contributed by atoms with van der Waals surface area (Å²) >= 11 is 0. The lowest BCUT2D eigenvalue weighted by atomic mass is 9.66. The third-order valence-corrected chi connectivity index (χ3v) is 5.14. The monoisotopic (exact) mass is 256 g/mol. The van der Waals surface area contributed by atoms with Crippen LogP contribution in [0, 0.1) is 22.2 Å². The van der Waals surface area contributed by atoms with Crippen molar-refractivity contribution < 1.29 is 4.79 Å². The molecule has 1 unspecified atom stereocenters. The van der Waals surface area contributed by atoms with E-state index in [4.69, 9.17) is 9.83 Å². The number of hydrogen-bond donors (Lipinski definition) is 1. The summed E-state index contributed by atoms with van der Waals surface area (Å²) in [5, 5.41) is 9.41. The number of para-hydroxylation sites is 1. The second-order valence-corrected chi connectivity index (χ2v) is 6.49. The van der Waals surface area contributed by atoms with Crippen LogP contribution in [0.2, 0.25) is 0 Å². The standard InChI is InChI=1S/C16H18NO2/c1-15(2)12-11(13(17)16(15,3)4)9-7-5-6-8-10(9)19-14(12)18/h5-8,12,17H,1-4H3/q+1. The van der Waals surface area contributed by atoms with Crippen LogP contribution >= 0.6 is 0 Å². The largest absolute Gasteiger partial charge is 0.588 e. The second kappa shape index (κ2) is 3.41. The molecular formula is C16H18NO2+. The van der Waals surface area contributed by atoms with Crippen LogP contribution in [-0.4, -0.2) is 11.7 Å². The fourth-order valence-electron chi connectivity index (χ4n) is 3.17. The molecule has 1 N–H and O–H groups in total. The first-order valence-corrected chi connectivity index (χ1v) is 6.56. The molecule has 3 heteroatoms. The molecule has 1 heterocycles.